The molecule has 0 spiro atoms. The molecule has 0 radical (unpaired) electrons. The Morgan fingerprint density at radius 2 is 1.64 bits per heavy atom. The second-order valence-corrected chi connectivity index (χ2v) is 6.86. The fraction of sp³-hybridized carbons (Fsp3) is 0.474. The topological polar surface area (TPSA) is 34.9 Å². The second kappa shape index (κ2) is 6.65. The van der Waals surface area contributed by atoms with Crippen LogP contribution in [0.25, 0.3) is 5.69 Å². The highest BCUT2D eigenvalue weighted by molar-refractivity contribution is 5.36. The number of aryl methyl sites for hydroxylation is 2. The second-order valence-electron chi connectivity index (χ2n) is 6.86. The number of alkyl halides is 3. The summed E-state index contributed by atoms with van der Waals surface area (Å²) in [5.74, 6) is -0.796. The zero-order valence-corrected chi connectivity index (χ0v) is 14.3. The smallest absolute Gasteiger partial charge is 0.269 e. The van der Waals surface area contributed by atoms with Crippen LogP contribution in [0.3, 0.4) is 0 Å². The summed E-state index contributed by atoms with van der Waals surface area (Å²) in [6.45, 7) is 3.70. The quantitative estimate of drug-likeness (QED) is 0.788. The molecule has 1 heterocycles. The third-order valence-corrected chi connectivity index (χ3v) is 4.92. The molecular weight excluding hydrogens is 329 g/mol. The molecule has 0 atom stereocenters. The van der Waals surface area contributed by atoms with E-state index in [0.29, 0.717) is 30.0 Å². The Morgan fingerprint density at radius 3 is 2.20 bits per heavy atom. The van der Waals surface area contributed by atoms with E-state index >= 15 is 0 Å². The minimum atomic E-state index is -4.14. The first-order valence-corrected chi connectivity index (χ1v) is 8.50. The Balaban J connectivity index is 1.97. The summed E-state index contributed by atoms with van der Waals surface area (Å²) in [5, 5.41) is 0. The third-order valence-electron chi connectivity index (χ3n) is 4.92. The largest absolute Gasteiger partial charge is 0.391 e. The van der Waals surface area contributed by atoms with E-state index in [1.54, 1.807) is 11.5 Å². The van der Waals surface area contributed by atoms with Crippen molar-refractivity contribution in [2.75, 3.05) is 0 Å². The molecule has 1 aliphatic rings. The highest BCUT2D eigenvalue weighted by atomic mass is 19.4. The number of nitrogens with zero attached hydrogens (tertiary/aromatic N) is 2. The van der Waals surface area contributed by atoms with Gasteiger partial charge in [0.2, 0.25) is 0 Å². The van der Waals surface area contributed by atoms with Gasteiger partial charge in [-0.05, 0) is 51.7 Å². The Morgan fingerprint density at radius 1 is 1.04 bits per heavy atom. The molecule has 1 aromatic carbocycles. The summed E-state index contributed by atoms with van der Waals surface area (Å²) in [6.07, 6.45) is -3.17. The normalized spacial score (nSPS) is 21.3. The molecular formula is C19H21F3N2O. The molecule has 0 N–H and O–H groups in total. The van der Waals surface area contributed by atoms with Gasteiger partial charge in [-0.15, -0.1) is 0 Å². The summed E-state index contributed by atoms with van der Waals surface area (Å²) in [4.78, 5) is 17.1. The molecule has 1 fully saturated rings. The maximum absolute atomic E-state index is 12.9. The molecule has 0 aliphatic heterocycles. The molecule has 25 heavy (non-hydrogen) atoms. The zero-order valence-electron chi connectivity index (χ0n) is 14.3. The maximum atomic E-state index is 12.9. The molecule has 1 aromatic heterocycles. The molecule has 3 nitrogen and oxygen atoms in total. The van der Waals surface area contributed by atoms with Crippen LogP contribution in [0, 0.1) is 19.8 Å². The minimum absolute atomic E-state index is 0.0892. The van der Waals surface area contributed by atoms with Crippen molar-refractivity contribution >= 4 is 0 Å². The first-order valence-electron chi connectivity index (χ1n) is 8.50. The van der Waals surface area contributed by atoms with Crippen molar-refractivity contribution in [1.29, 1.82) is 0 Å². The van der Waals surface area contributed by atoms with Gasteiger partial charge in [-0.3, -0.25) is 9.36 Å². The lowest BCUT2D eigenvalue weighted by molar-refractivity contribution is -0.182. The van der Waals surface area contributed by atoms with Gasteiger partial charge >= 0.3 is 6.18 Å². The first-order chi connectivity index (χ1) is 11.8. The highest BCUT2D eigenvalue weighted by Crippen LogP contribution is 2.42. The van der Waals surface area contributed by atoms with Gasteiger partial charge in [-0.1, -0.05) is 17.7 Å². The van der Waals surface area contributed by atoms with Crippen LogP contribution < -0.4 is 5.56 Å². The van der Waals surface area contributed by atoms with Gasteiger partial charge in [0.1, 0.15) is 5.82 Å². The molecule has 0 unspecified atom stereocenters. The number of benzene rings is 1. The number of hydrogen-bond donors (Lipinski definition) is 0. The lowest BCUT2D eigenvalue weighted by atomic mass is 9.81. The number of hydrogen-bond acceptors (Lipinski definition) is 2. The van der Waals surface area contributed by atoms with Crippen molar-refractivity contribution in [3.8, 4) is 5.69 Å². The van der Waals surface area contributed by atoms with Crippen LogP contribution in [0.1, 0.15) is 48.7 Å². The lowest BCUT2D eigenvalue weighted by Crippen LogP contribution is -2.30. The maximum Gasteiger partial charge on any atom is 0.391 e. The van der Waals surface area contributed by atoms with E-state index in [9.17, 15) is 18.0 Å². The third kappa shape index (κ3) is 3.78. The van der Waals surface area contributed by atoms with Gasteiger partial charge in [0.05, 0.1) is 11.6 Å². The molecule has 0 amide bonds. The van der Waals surface area contributed by atoms with Crippen molar-refractivity contribution in [2.24, 2.45) is 5.92 Å². The van der Waals surface area contributed by atoms with E-state index < -0.39 is 12.1 Å². The van der Waals surface area contributed by atoms with Gasteiger partial charge in [0.15, 0.2) is 0 Å². The van der Waals surface area contributed by atoms with Gasteiger partial charge in [0.25, 0.3) is 5.56 Å². The Bertz CT molecular complexity index is 801. The minimum Gasteiger partial charge on any atom is -0.269 e. The summed E-state index contributed by atoms with van der Waals surface area (Å²) < 4.78 is 40.3. The van der Waals surface area contributed by atoms with E-state index in [-0.39, 0.29) is 24.3 Å². The van der Waals surface area contributed by atoms with Crippen molar-refractivity contribution in [1.82, 2.24) is 9.55 Å². The van der Waals surface area contributed by atoms with Gasteiger partial charge in [0, 0.05) is 17.7 Å². The predicted molar refractivity (Wildman–Crippen MR) is 90.1 cm³/mol. The summed E-state index contributed by atoms with van der Waals surface area (Å²) in [6, 6.07) is 8.97. The Hall–Kier alpha value is -2.11. The van der Waals surface area contributed by atoms with Gasteiger partial charge < -0.3 is 0 Å². The van der Waals surface area contributed by atoms with Crippen LogP contribution in [0.15, 0.2) is 35.1 Å². The highest BCUT2D eigenvalue weighted by Gasteiger charge is 2.42. The number of aromatic nitrogens is 2. The van der Waals surface area contributed by atoms with Gasteiger partial charge in [-0.2, -0.15) is 13.2 Å². The van der Waals surface area contributed by atoms with Crippen LogP contribution in [0.5, 0.6) is 0 Å². The summed E-state index contributed by atoms with van der Waals surface area (Å²) in [7, 11) is 0. The van der Waals surface area contributed by atoms with Crippen LogP contribution in [-0.4, -0.2) is 15.7 Å². The average molecular weight is 350 g/mol. The SMILES string of the molecule is Cc1ccc(-n2c(=O)cc(C)nc2[C@H]2CC[C@@H](C(F)(F)F)CC2)cc1. The molecule has 0 saturated heterocycles. The molecule has 134 valence electrons. The monoisotopic (exact) mass is 350 g/mol. The van der Waals surface area contributed by atoms with Crippen LogP contribution in [0.2, 0.25) is 0 Å². The van der Waals surface area contributed by atoms with Crippen LogP contribution >= 0.6 is 0 Å². The Kier molecular flexibility index (Phi) is 4.71. The van der Waals surface area contributed by atoms with Crippen LogP contribution in [0.4, 0.5) is 13.2 Å². The molecule has 3 rings (SSSR count). The van der Waals surface area contributed by atoms with Crippen LogP contribution in [-0.2, 0) is 0 Å². The van der Waals surface area contributed by atoms with Gasteiger partial charge in [-0.25, -0.2) is 4.98 Å². The van der Waals surface area contributed by atoms with E-state index in [1.807, 2.05) is 31.2 Å². The van der Waals surface area contributed by atoms with E-state index in [0.717, 1.165) is 5.56 Å². The average Bonchev–Trinajstić information content (AvgIpc) is 2.55. The number of halogens is 3. The predicted octanol–water partition coefficient (Wildman–Crippen LogP) is 4.69. The summed E-state index contributed by atoms with van der Waals surface area (Å²) >= 11 is 0. The zero-order chi connectivity index (χ0) is 18.2. The fourth-order valence-corrected chi connectivity index (χ4v) is 3.53. The van der Waals surface area contributed by atoms with Crippen molar-refractivity contribution in [3.63, 3.8) is 0 Å². The van der Waals surface area contributed by atoms with E-state index in [2.05, 4.69) is 4.98 Å². The van der Waals surface area contributed by atoms with Crippen molar-refractivity contribution in [2.45, 2.75) is 51.6 Å². The molecule has 2 aromatic rings. The van der Waals surface area contributed by atoms with E-state index in [4.69, 9.17) is 0 Å². The van der Waals surface area contributed by atoms with Crippen molar-refractivity contribution < 1.29 is 13.2 Å². The number of rotatable bonds is 2. The molecule has 1 aliphatic carbocycles. The molecule has 6 heteroatoms. The molecule has 1 saturated carbocycles. The van der Waals surface area contributed by atoms with Crippen molar-refractivity contribution in [3.05, 3.63) is 57.8 Å². The summed E-state index contributed by atoms with van der Waals surface area (Å²) in [5.41, 5.74) is 2.19. The van der Waals surface area contributed by atoms with E-state index in [1.165, 1.54) is 6.07 Å². The molecule has 0 bridgehead atoms. The first kappa shape index (κ1) is 17.7. The standard InChI is InChI=1S/C19H21F3N2O/c1-12-3-9-16(10-4-12)24-17(25)11-13(2)23-18(24)14-5-7-15(8-6-14)19(20,21)22/h3-4,9-11,14-15H,5-8H2,1-2H3/t14-,15+. The Labute approximate surface area is 144 Å². The lowest BCUT2D eigenvalue weighted by Gasteiger charge is -2.30. The fourth-order valence-electron chi connectivity index (χ4n) is 3.53.